The van der Waals surface area contributed by atoms with Crippen molar-refractivity contribution in [2.75, 3.05) is 0 Å². The number of hydrogen-bond acceptors (Lipinski definition) is 1. The minimum atomic E-state index is 0.309. The average molecular weight is 443 g/mol. The molecule has 0 aromatic heterocycles. The van der Waals surface area contributed by atoms with Crippen LogP contribution in [0.1, 0.15) is 80.8 Å². The van der Waals surface area contributed by atoms with Crippen molar-refractivity contribution >= 4 is 12.2 Å². The number of hydrogen-bond donors (Lipinski definition) is 1. The van der Waals surface area contributed by atoms with Gasteiger partial charge in [0, 0.05) is 5.92 Å². The van der Waals surface area contributed by atoms with Crippen molar-refractivity contribution in [3.05, 3.63) is 113 Å². The van der Waals surface area contributed by atoms with Gasteiger partial charge in [-0.25, -0.2) is 0 Å². The molecule has 1 N–H and O–H groups in total. The summed E-state index contributed by atoms with van der Waals surface area (Å²) in [6.07, 6.45) is 7.01. The lowest BCUT2D eigenvalue weighted by atomic mass is 9.91. The topological polar surface area (TPSA) is 20.2 Å². The summed E-state index contributed by atoms with van der Waals surface area (Å²) in [5, 5.41) is 9.72. The van der Waals surface area contributed by atoms with Crippen LogP contribution in [0.5, 0.6) is 5.75 Å². The fourth-order valence-electron chi connectivity index (χ4n) is 3.58. The number of phenolic OH excluding ortho intramolecular Hbond substituents is 1. The van der Waals surface area contributed by atoms with Crippen LogP contribution in [-0.2, 0) is 6.42 Å². The van der Waals surface area contributed by atoms with E-state index in [1.807, 2.05) is 33.8 Å². The third kappa shape index (κ3) is 9.95. The van der Waals surface area contributed by atoms with E-state index in [9.17, 15) is 5.11 Å². The molecule has 0 spiro atoms. The van der Waals surface area contributed by atoms with Gasteiger partial charge in [0.25, 0.3) is 0 Å². The van der Waals surface area contributed by atoms with Gasteiger partial charge in [-0.05, 0) is 71.7 Å². The van der Waals surface area contributed by atoms with Gasteiger partial charge in [-0.3, -0.25) is 0 Å². The molecule has 0 fully saturated rings. The lowest BCUT2D eigenvalue weighted by Gasteiger charge is -2.14. The Bertz CT molecular complexity index is 956. The van der Waals surface area contributed by atoms with Gasteiger partial charge >= 0.3 is 0 Å². The van der Waals surface area contributed by atoms with Crippen molar-refractivity contribution in [3.63, 3.8) is 0 Å². The van der Waals surface area contributed by atoms with E-state index >= 15 is 0 Å². The lowest BCUT2D eigenvalue weighted by molar-refractivity contribution is 0.475. The predicted molar refractivity (Wildman–Crippen MR) is 148 cm³/mol. The highest BCUT2D eigenvalue weighted by molar-refractivity contribution is 5.70. The Morgan fingerprint density at radius 1 is 0.788 bits per heavy atom. The zero-order chi connectivity index (χ0) is 24.8. The maximum Gasteiger partial charge on any atom is 0.116 e. The van der Waals surface area contributed by atoms with E-state index in [-0.39, 0.29) is 0 Å². The molecule has 0 saturated carbocycles. The Morgan fingerprint density at radius 2 is 1.27 bits per heavy atom. The number of phenols is 1. The monoisotopic (exact) mass is 442 g/mol. The first-order valence-electron chi connectivity index (χ1n) is 12.1. The summed E-state index contributed by atoms with van der Waals surface area (Å²) < 4.78 is 0. The van der Waals surface area contributed by atoms with E-state index in [0.717, 1.165) is 23.1 Å². The number of rotatable bonds is 6. The molecule has 3 rings (SSSR count). The Morgan fingerprint density at radius 3 is 1.76 bits per heavy atom. The van der Waals surface area contributed by atoms with Crippen LogP contribution < -0.4 is 0 Å². The molecule has 0 bridgehead atoms. The first-order valence-corrected chi connectivity index (χ1v) is 12.1. The first kappa shape index (κ1) is 28.0. The molecule has 33 heavy (non-hydrogen) atoms. The first-order chi connectivity index (χ1) is 15.8. The van der Waals surface area contributed by atoms with Crippen LogP contribution in [0, 0.1) is 12.8 Å². The summed E-state index contributed by atoms with van der Waals surface area (Å²) in [6, 6.07) is 23.4. The average Bonchev–Trinajstić information content (AvgIpc) is 2.79. The second-order valence-electron chi connectivity index (χ2n) is 8.57. The van der Waals surface area contributed by atoms with Crippen molar-refractivity contribution in [2.45, 2.75) is 60.8 Å². The van der Waals surface area contributed by atoms with Crippen molar-refractivity contribution < 1.29 is 5.11 Å². The van der Waals surface area contributed by atoms with Crippen LogP contribution in [0.2, 0.25) is 0 Å². The molecule has 176 valence electrons. The highest BCUT2D eigenvalue weighted by Gasteiger charge is 2.08. The van der Waals surface area contributed by atoms with Crippen molar-refractivity contribution in [2.24, 2.45) is 5.92 Å². The molecule has 0 radical (unpaired) electrons. The van der Waals surface area contributed by atoms with Crippen LogP contribution in [0.25, 0.3) is 12.2 Å². The van der Waals surface area contributed by atoms with Gasteiger partial charge in [0.1, 0.15) is 5.75 Å². The molecule has 1 nitrogen and oxygen atoms in total. The third-order valence-corrected chi connectivity index (χ3v) is 5.11. The fraction of sp³-hybridized carbons (Fsp3) is 0.312. The summed E-state index contributed by atoms with van der Waals surface area (Å²) >= 11 is 0. The maximum absolute atomic E-state index is 9.72. The van der Waals surface area contributed by atoms with Gasteiger partial charge in [-0.2, -0.15) is 0 Å². The Balaban J connectivity index is 0.00000101. The standard InChI is InChI=1S/C27H30O.C3H6.C2H6/c1-19(2)15-23-9-13-26(14-10-23)21(4)25-11-7-22(8-12-25)5-6-24-16-20(3)17-27(28)18-24;1-3-2;1-2/h5-14,16-19,21,28H,15H2,1-4H3;3H,1H2,2H3;1-2H3/b6-5+;;. The van der Waals surface area contributed by atoms with E-state index in [0.29, 0.717) is 17.6 Å². The predicted octanol–water partition coefficient (Wildman–Crippen LogP) is 9.44. The molecule has 3 aromatic rings. The molecule has 1 unspecified atom stereocenters. The second kappa shape index (κ2) is 14.9. The number of aromatic hydroxyl groups is 1. The van der Waals surface area contributed by atoms with E-state index in [1.54, 1.807) is 18.2 Å². The quantitative estimate of drug-likeness (QED) is 0.298. The Labute approximate surface area is 202 Å². The van der Waals surface area contributed by atoms with Crippen LogP contribution in [0.3, 0.4) is 0 Å². The zero-order valence-corrected chi connectivity index (χ0v) is 21.6. The van der Waals surface area contributed by atoms with Crippen LogP contribution in [0.15, 0.2) is 79.4 Å². The highest BCUT2D eigenvalue weighted by atomic mass is 16.3. The largest absolute Gasteiger partial charge is 0.508 e. The molecule has 1 atom stereocenters. The third-order valence-electron chi connectivity index (χ3n) is 5.11. The summed E-state index contributed by atoms with van der Waals surface area (Å²) in [4.78, 5) is 0. The van der Waals surface area contributed by atoms with Crippen molar-refractivity contribution in [1.29, 1.82) is 0 Å². The van der Waals surface area contributed by atoms with E-state index < -0.39 is 0 Å². The highest BCUT2D eigenvalue weighted by Crippen LogP contribution is 2.26. The van der Waals surface area contributed by atoms with Gasteiger partial charge < -0.3 is 5.11 Å². The number of allylic oxidation sites excluding steroid dienone is 1. The Kier molecular flexibility index (Phi) is 12.6. The molecule has 3 aromatic carbocycles. The van der Waals surface area contributed by atoms with Gasteiger partial charge in [-0.1, -0.05) is 107 Å². The summed E-state index contributed by atoms with van der Waals surface area (Å²) in [7, 11) is 0. The summed E-state index contributed by atoms with van der Waals surface area (Å²) in [5.41, 5.74) is 7.31. The molecule has 0 aliphatic carbocycles. The lowest BCUT2D eigenvalue weighted by Crippen LogP contribution is -1.98. The van der Waals surface area contributed by atoms with Gasteiger partial charge in [-0.15, -0.1) is 6.58 Å². The smallest absolute Gasteiger partial charge is 0.116 e. The molecule has 0 saturated heterocycles. The molecule has 0 amide bonds. The molecule has 0 heterocycles. The van der Waals surface area contributed by atoms with E-state index in [1.165, 1.54) is 16.7 Å². The normalized spacial score (nSPS) is 11.3. The SMILES string of the molecule is C=CC.CC.Cc1cc(O)cc(/C=C/c2ccc(C(C)c3ccc(CC(C)C)cc3)cc2)c1. The minimum absolute atomic E-state index is 0.309. The number of aryl methyl sites for hydroxylation is 1. The molecular formula is C32H42O. The number of benzene rings is 3. The zero-order valence-electron chi connectivity index (χ0n) is 21.6. The summed E-state index contributed by atoms with van der Waals surface area (Å²) in [5.74, 6) is 1.37. The van der Waals surface area contributed by atoms with Crippen LogP contribution >= 0.6 is 0 Å². The second-order valence-corrected chi connectivity index (χ2v) is 8.57. The van der Waals surface area contributed by atoms with Gasteiger partial charge in [0.15, 0.2) is 0 Å². The van der Waals surface area contributed by atoms with E-state index in [2.05, 4.69) is 88.0 Å². The van der Waals surface area contributed by atoms with Crippen molar-refractivity contribution in [1.82, 2.24) is 0 Å². The molecule has 0 aliphatic rings. The Hall–Kier alpha value is -3.06. The van der Waals surface area contributed by atoms with Gasteiger partial charge in [0.2, 0.25) is 0 Å². The molecule has 1 heteroatoms. The fourth-order valence-corrected chi connectivity index (χ4v) is 3.58. The maximum atomic E-state index is 9.72. The van der Waals surface area contributed by atoms with Crippen LogP contribution in [0.4, 0.5) is 0 Å². The van der Waals surface area contributed by atoms with E-state index in [4.69, 9.17) is 0 Å². The van der Waals surface area contributed by atoms with Gasteiger partial charge in [0.05, 0.1) is 0 Å². The minimum Gasteiger partial charge on any atom is -0.508 e. The van der Waals surface area contributed by atoms with Crippen molar-refractivity contribution in [3.8, 4) is 5.75 Å². The summed E-state index contributed by atoms with van der Waals surface area (Å²) in [6.45, 7) is 18.0. The molecule has 0 aliphatic heterocycles. The van der Waals surface area contributed by atoms with Crippen LogP contribution in [-0.4, -0.2) is 5.11 Å². The molecular weight excluding hydrogens is 400 g/mol.